The number of amides is 2. The molecule has 3 rings (SSSR count). The second kappa shape index (κ2) is 6.48. The standard InChI is InChI=1S/C19H23FN4O2/c1-5-15(25)23-7-10(2)8-24(9-23)18-14(20)6-13(19(21)26)17-16(18)11(3)12(4)22-17/h5-6,10,22H,1,7-9H2,2-4H3,(H2,21,26). The van der Waals surface area contributed by atoms with Crippen LogP contribution < -0.4 is 10.6 Å². The molecule has 1 aromatic heterocycles. The maximum atomic E-state index is 15.1. The van der Waals surface area contributed by atoms with E-state index in [9.17, 15) is 9.59 Å². The second-order valence-corrected chi connectivity index (χ2v) is 6.98. The number of hydrogen-bond acceptors (Lipinski definition) is 3. The van der Waals surface area contributed by atoms with Crippen molar-refractivity contribution in [2.45, 2.75) is 20.8 Å². The molecule has 1 aliphatic rings. The summed E-state index contributed by atoms with van der Waals surface area (Å²) >= 11 is 0. The Morgan fingerprint density at radius 1 is 1.38 bits per heavy atom. The third-order valence-electron chi connectivity index (χ3n) is 4.98. The number of halogens is 1. The lowest BCUT2D eigenvalue weighted by molar-refractivity contribution is -0.127. The van der Waals surface area contributed by atoms with Crippen molar-refractivity contribution in [3.8, 4) is 0 Å². The number of anilines is 1. The van der Waals surface area contributed by atoms with Crippen LogP contribution in [0.2, 0.25) is 0 Å². The Labute approximate surface area is 151 Å². The molecule has 3 N–H and O–H groups in total. The quantitative estimate of drug-likeness (QED) is 0.827. The SMILES string of the molecule is C=CC(=O)N1CC(C)CN(c2c(F)cc(C(N)=O)c3[nH]c(C)c(C)c23)C1. The van der Waals surface area contributed by atoms with Gasteiger partial charge in [0, 0.05) is 24.2 Å². The Balaban J connectivity index is 2.20. The Morgan fingerprint density at radius 3 is 2.69 bits per heavy atom. The molecule has 0 saturated carbocycles. The summed E-state index contributed by atoms with van der Waals surface area (Å²) in [5.74, 6) is -1.22. The highest BCUT2D eigenvalue weighted by Gasteiger charge is 2.30. The highest BCUT2D eigenvalue weighted by molar-refractivity contribution is 6.10. The Morgan fingerprint density at radius 2 is 2.08 bits per heavy atom. The van der Waals surface area contributed by atoms with Gasteiger partial charge in [-0.25, -0.2) is 4.39 Å². The van der Waals surface area contributed by atoms with Crippen molar-refractivity contribution in [1.29, 1.82) is 0 Å². The molecular weight excluding hydrogens is 335 g/mol. The van der Waals surface area contributed by atoms with Crippen LogP contribution in [0.4, 0.5) is 10.1 Å². The average molecular weight is 358 g/mol. The number of primary amides is 1. The summed E-state index contributed by atoms with van der Waals surface area (Å²) < 4.78 is 15.1. The molecule has 26 heavy (non-hydrogen) atoms. The van der Waals surface area contributed by atoms with Crippen molar-refractivity contribution < 1.29 is 14.0 Å². The van der Waals surface area contributed by atoms with Gasteiger partial charge in [0.05, 0.1) is 23.4 Å². The molecule has 1 unspecified atom stereocenters. The molecule has 0 spiro atoms. The van der Waals surface area contributed by atoms with Gasteiger partial charge in [0.2, 0.25) is 5.91 Å². The average Bonchev–Trinajstić information content (AvgIpc) is 2.88. The summed E-state index contributed by atoms with van der Waals surface area (Å²) in [7, 11) is 0. The molecule has 2 amide bonds. The lowest BCUT2D eigenvalue weighted by Gasteiger charge is -2.40. The number of nitrogens with one attached hydrogen (secondary N) is 1. The van der Waals surface area contributed by atoms with Crippen LogP contribution in [-0.2, 0) is 4.79 Å². The fourth-order valence-electron chi connectivity index (χ4n) is 3.69. The number of carbonyl (C=O) groups is 2. The number of hydrogen-bond donors (Lipinski definition) is 2. The number of aryl methyl sites for hydroxylation is 2. The first-order chi connectivity index (χ1) is 12.2. The number of aromatic amines is 1. The first kappa shape index (κ1) is 18.0. The summed E-state index contributed by atoms with van der Waals surface area (Å²) in [4.78, 5) is 30.5. The van der Waals surface area contributed by atoms with Gasteiger partial charge in [-0.15, -0.1) is 0 Å². The number of nitrogens with zero attached hydrogens (tertiary/aromatic N) is 2. The number of benzene rings is 1. The maximum Gasteiger partial charge on any atom is 0.250 e. The largest absolute Gasteiger partial charge is 0.366 e. The molecule has 1 atom stereocenters. The van der Waals surface area contributed by atoms with Crippen LogP contribution >= 0.6 is 0 Å². The number of rotatable bonds is 3. The summed E-state index contributed by atoms with van der Waals surface area (Å²) in [5, 5.41) is 0.636. The molecule has 0 aliphatic carbocycles. The van der Waals surface area contributed by atoms with E-state index in [1.165, 1.54) is 12.1 Å². The van der Waals surface area contributed by atoms with Crippen molar-refractivity contribution in [3.05, 3.63) is 41.4 Å². The number of nitrogens with two attached hydrogens (primary N) is 1. The number of fused-ring (bicyclic) bond motifs is 1. The minimum atomic E-state index is -0.683. The monoisotopic (exact) mass is 358 g/mol. The van der Waals surface area contributed by atoms with E-state index in [4.69, 9.17) is 5.73 Å². The third kappa shape index (κ3) is 2.83. The van der Waals surface area contributed by atoms with Gasteiger partial charge in [-0.3, -0.25) is 9.59 Å². The molecule has 138 valence electrons. The van der Waals surface area contributed by atoms with E-state index in [0.29, 0.717) is 29.7 Å². The molecule has 2 aromatic rings. The van der Waals surface area contributed by atoms with Crippen LogP contribution in [0, 0.1) is 25.6 Å². The highest BCUT2D eigenvalue weighted by Crippen LogP contribution is 2.37. The Bertz CT molecular complexity index is 918. The number of aromatic nitrogens is 1. The van der Waals surface area contributed by atoms with Crippen LogP contribution in [0.25, 0.3) is 10.9 Å². The second-order valence-electron chi connectivity index (χ2n) is 6.98. The third-order valence-corrected chi connectivity index (χ3v) is 4.98. The van der Waals surface area contributed by atoms with E-state index in [2.05, 4.69) is 11.6 Å². The van der Waals surface area contributed by atoms with Crippen molar-refractivity contribution >= 4 is 28.4 Å². The zero-order valence-electron chi connectivity index (χ0n) is 15.2. The molecule has 1 saturated heterocycles. The van der Waals surface area contributed by atoms with E-state index in [1.807, 2.05) is 25.7 Å². The Kier molecular flexibility index (Phi) is 4.48. The number of H-pyrrole nitrogens is 1. The molecule has 2 heterocycles. The molecule has 1 fully saturated rings. The van der Waals surface area contributed by atoms with Gasteiger partial charge in [0.1, 0.15) is 5.82 Å². The van der Waals surface area contributed by atoms with Crippen molar-refractivity contribution in [1.82, 2.24) is 9.88 Å². The van der Waals surface area contributed by atoms with Gasteiger partial charge in [0.25, 0.3) is 5.91 Å². The minimum Gasteiger partial charge on any atom is -0.366 e. The van der Waals surface area contributed by atoms with Crippen LogP contribution in [0.5, 0.6) is 0 Å². The topological polar surface area (TPSA) is 82.4 Å². The van der Waals surface area contributed by atoms with E-state index in [1.54, 1.807) is 4.90 Å². The van der Waals surface area contributed by atoms with Crippen LogP contribution in [0.15, 0.2) is 18.7 Å². The van der Waals surface area contributed by atoms with Crippen molar-refractivity contribution in [3.63, 3.8) is 0 Å². The van der Waals surface area contributed by atoms with E-state index >= 15 is 4.39 Å². The van der Waals surface area contributed by atoms with Crippen LogP contribution in [0.3, 0.4) is 0 Å². The van der Waals surface area contributed by atoms with Crippen molar-refractivity contribution in [2.24, 2.45) is 11.7 Å². The zero-order chi connectivity index (χ0) is 19.2. The summed E-state index contributed by atoms with van der Waals surface area (Å²) in [6, 6.07) is 1.17. The minimum absolute atomic E-state index is 0.126. The fourth-order valence-corrected chi connectivity index (χ4v) is 3.69. The van der Waals surface area contributed by atoms with Crippen LogP contribution in [-0.4, -0.2) is 41.5 Å². The van der Waals surface area contributed by atoms with Crippen molar-refractivity contribution in [2.75, 3.05) is 24.7 Å². The molecule has 0 radical (unpaired) electrons. The first-order valence-corrected chi connectivity index (χ1v) is 8.52. The lowest BCUT2D eigenvalue weighted by atomic mass is 10.0. The molecule has 7 heteroatoms. The lowest BCUT2D eigenvalue weighted by Crippen LogP contribution is -2.51. The molecular formula is C19H23FN4O2. The molecule has 0 bridgehead atoms. The summed E-state index contributed by atoms with van der Waals surface area (Å²) in [6.07, 6.45) is 1.27. The van der Waals surface area contributed by atoms with Crippen LogP contribution in [0.1, 0.15) is 28.5 Å². The summed E-state index contributed by atoms with van der Waals surface area (Å²) in [6.45, 7) is 10.8. The van der Waals surface area contributed by atoms with E-state index in [0.717, 1.165) is 11.3 Å². The highest BCUT2D eigenvalue weighted by atomic mass is 19.1. The molecule has 1 aromatic carbocycles. The predicted molar refractivity (Wildman–Crippen MR) is 99.5 cm³/mol. The van der Waals surface area contributed by atoms with Gasteiger partial charge in [-0.05, 0) is 37.5 Å². The summed E-state index contributed by atoms with van der Waals surface area (Å²) in [5.41, 5.74) is 8.19. The van der Waals surface area contributed by atoms with E-state index < -0.39 is 11.7 Å². The van der Waals surface area contributed by atoms with Gasteiger partial charge in [0.15, 0.2) is 0 Å². The molecule has 1 aliphatic heterocycles. The zero-order valence-corrected chi connectivity index (χ0v) is 15.2. The van der Waals surface area contributed by atoms with Gasteiger partial charge in [-0.2, -0.15) is 0 Å². The van der Waals surface area contributed by atoms with E-state index in [-0.39, 0.29) is 24.1 Å². The smallest absolute Gasteiger partial charge is 0.250 e. The normalized spacial score (nSPS) is 17.6. The van der Waals surface area contributed by atoms with Gasteiger partial charge >= 0.3 is 0 Å². The number of carbonyl (C=O) groups excluding carboxylic acids is 2. The van der Waals surface area contributed by atoms with Gasteiger partial charge < -0.3 is 20.5 Å². The maximum absolute atomic E-state index is 15.1. The molecule has 6 nitrogen and oxygen atoms in total. The van der Waals surface area contributed by atoms with Gasteiger partial charge in [-0.1, -0.05) is 13.5 Å². The predicted octanol–water partition coefficient (Wildman–Crippen LogP) is 2.45. The fraction of sp³-hybridized carbons (Fsp3) is 0.368. The first-order valence-electron chi connectivity index (χ1n) is 8.52. The Hall–Kier alpha value is -2.83.